The Morgan fingerprint density at radius 2 is 0.657 bits per heavy atom. The molecule has 0 aromatic heterocycles. The third kappa shape index (κ3) is 14.9. The van der Waals surface area contributed by atoms with Crippen molar-refractivity contribution in [2.75, 3.05) is 6.16 Å². The summed E-state index contributed by atoms with van der Waals surface area (Å²) in [5, 5.41) is 0.208. The van der Waals surface area contributed by atoms with Gasteiger partial charge in [-0.2, -0.15) is 0 Å². The summed E-state index contributed by atoms with van der Waals surface area (Å²) in [6, 6.07) is 31.3. The third-order valence-corrected chi connectivity index (χ3v) is 15.7. The van der Waals surface area contributed by atoms with Crippen LogP contribution in [0.1, 0.15) is 180 Å². The molecule has 0 saturated heterocycles. The first-order chi connectivity index (χ1) is 30.3. The van der Waals surface area contributed by atoms with Crippen LogP contribution < -0.4 is 18.9 Å². The SMILES string of the molecule is Cc1cc(OP(Oc2cc(C)c(C(C)(C)C)cc2C(C)(C)C)Oc2cc(C)c(C(C)(C)C)cc2C(C)(C)C)c(C(C)(C)C)cc1C(C)(C)C.OP(O)(O)(CCc1ccccc1)c1ccccc1. The summed E-state index contributed by atoms with van der Waals surface area (Å²) >= 11 is 0. The minimum atomic E-state index is -4.74. The zero-order valence-corrected chi connectivity index (χ0v) is 46.9. The van der Waals surface area contributed by atoms with E-state index in [0.29, 0.717) is 6.42 Å². The van der Waals surface area contributed by atoms with Gasteiger partial charge >= 0.3 is 115 Å². The van der Waals surface area contributed by atoms with Gasteiger partial charge in [0, 0.05) is 16.7 Å². The molecule has 0 spiro atoms. The number of benzene rings is 5. The van der Waals surface area contributed by atoms with Crippen molar-refractivity contribution in [3.05, 3.63) is 153 Å². The molecular weight excluding hydrogens is 867 g/mol. The molecule has 0 radical (unpaired) electrons. The molecule has 0 atom stereocenters. The molecule has 5 aromatic rings. The molecule has 368 valence electrons. The van der Waals surface area contributed by atoms with E-state index < -0.39 is 15.9 Å². The Morgan fingerprint density at radius 1 is 0.388 bits per heavy atom. The minimum absolute atomic E-state index is 0.00221. The maximum atomic E-state index is 10.2. The molecule has 5 rings (SSSR count). The van der Waals surface area contributed by atoms with Crippen molar-refractivity contribution < 1.29 is 28.3 Å². The molecular formula is C59H86O6P2. The van der Waals surface area contributed by atoms with Crippen LogP contribution in [-0.4, -0.2) is 20.8 Å². The van der Waals surface area contributed by atoms with Crippen LogP contribution in [0.3, 0.4) is 0 Å². The molecule has 0 amide bonds. The summed E-state index contributed by atoms with van der Waals surface area (Å²) in [5.41, 5.74) is 11.5. The normalized spacial score (nSPS) is 13.7. The summed E-state index contributed by atoms with van der Waals surface area (Å²) in [6.45, 7) is 47.3. The van der Waals surface area contributed by atoms with E-state index in [9.17, 15) is 14.7 Å². The summed E-state index contributed by atoms with van der Waals surface area (Å²) in [4.78, 5) is 30.5. The molecule has 8 heteroatoms. The van der Waals surface area contributed by atoms with E-state index in [1.165, 1.54) is 33.4 Å². The summed E-state index contributed by atoms with van der Waals surface area (Å²) in [7, 11) is -6.67. The maximum absolute atomic E-state index is 10.2. The van der Waals surface area contributed by atoms with E-state index in [2.05, 4.69) is 182 Å². The van der Waals surface area contributed by atoms with Gasteiger partial charge < -0.3 is 13.6 Å². The first-order valence-corrected chi connectivity index (χ1v) is 27.3. The van der Waals surface area contributed by atoms with Gasteiger partial charge in [0.1, 0.15) is 17.2 Å². The Hall–Kier alpha value is -3.76. The summed E-state index contributed by atoms with van der Waals surface area (Å²) in [6.07, 6.45) is 0.372. The number of rotatable bonds is 10. The molecule has 67 heavy (non-hydrogen) atoms. The van der Waals surface area contributed by atoms with Crippen LogP contribution >= 0.6 is 15.9 Å². The van der Waals surface area contributed by atoms with E-state index in [1.807, 2.05) is 30.3 Å². The van der Waals surface area contributed by atoms with Crippen molar-refractivity contribution in [3.63, 3.8) is 0 Å². The third-order valence-electron chi connectivity index (χ3n) is 12.3. The second-order valence-electron chi connectivity index (χ2n) is 24.9. The van der Waals surface area contributed by atoms with Gasteiger partial charge in [0.05, 0.1) is 0 Å². The fourth-order valence-electron chi connectivity index (χ4n) is 8.59. The first-order valence-electron chi connectivity index (χ1n) is 23.9. The van der Waals surface area contributed by atoms with Crippen molar-refractivity contribution in [2.45, 2.75) is 184 Å². The predicted molar refractivity (Wildman–Crippen MR) is 289 cm³/mol. The van der Waals surface area contributed by atoms with E-state index in [0.717, 1.165) is 39.5 Å². The molecule has 0 aliphatic rings. The second-order valence-corrected chi connectivity index (χ2v) is 29.2. The van der Waals surface area contributed by atoms with Crippen LogP contribution in [0, 0.1) is 20.8 Å². The number of hydrogen-bond acceptors (Lipinski definition) is 6. The van der Waals surface area contributed by atoms with E-state index in [1.54, 1.807) is 30.3 Å². The molecule has 0 aliphatic carbocycles. The Balaban J connectivity index is 0.000000451. The van der Waals surface area contributed by atoms with Gasteiger partial charge in [-0.1, -0.05) is 143 Å². The zero-order valence-electron chi connectivity index (χ0n) is 45.1. The summed E-state index contributed by atoms with van der Waals surface area (Å²) < 4.78 is 21.2. The Kier molecular flexibility index (Phi) is 16.6. The number of hydrogen-bond donors (Lipinski definition) is 3. The van der Waals surface area contributed by atoms with Crippen LogP contribution in [0.5, 0.6) is 17.2 Å². The van der Waals surface area contributed by atoms with Gasteiger partial charge in [0.2, 0.25) is 0 Å². The Morgan fingerprint density at radius 3 is 0.925 bits per heavy atom. The quantitative estimate of drug-likeness (QED) is 0.121. The van der Waals surface area contributed by atoms with Crippen molar-refractivity contribution >= 4 is 21.2 Å². The average Bonchev–Trinajstić information content (AvgIpc) is 3.15. The van der Waals surface area contributed by atoms with Gasteiger partial charge in [-0.15, -0.1) is 0 Å². The molecule has 0 unspecified atom stereocenters. The number of aryl methyl sites for hydroxylation is 4. The second kappa shape index (κ2) is 19.9. The fourth-order valence-corrected chi connectivity index (χ4v) is 11.4. The van der Waals surface area contributed by atoms with Crippen molar-refractivity contribution in [1.82, 2.24) is 0 Å². The Bertz CT molecular complexity index is 2260. The van der Waals surface area contributed by atoms with Gasteiger partial charge in [0.15, 0.2) is 0 Å². The first kappa shape index (κ1) is 55.8. The van der Waals surface area contributed by atoms with Crippen molar-refractivity contribution in [1.29, 1.82) is 0 Å². The van der Waals surface area contributed by atoms with Crippen molar-refractivity contribution in [3.8, 4) is 17.2 Å². The van der Waals surface area contributed by atoms with Crippen LogP contribution in [0.25, 0.3) is 0 Å². The molecule has 0 fully saturated rings. The molecule has 5 aromatic carbocycles. The molecule has 0 saturated carbocycles. The molecule has 3 N–H and O–H groups in total. The Labute approximate surface area is 408 Å². The van der Waals surface area contributed by atoms with Gasteiger partial charge in [0.25, 0.3) is 0 Å². The van der Waals surface area contributed by atoms with Crippen molar-refractivity contribution in [2.24, 2.45) is 0 Å². The summed E-state index contributed by atoms with van der Waals surface area (Å²) in [5.74, 6) is 2.43. The van der Waals surface area contributed by atoms with Crippen LogP contribution in [0.15, 0.2) is 97.1 Å². The molecule has 0 heterocycles. The monoisotopic (exact) mass is 953 g/mol. The predicted octanol–water partition coefficient (Wildman–Crippen LogP) is 16.0. The van der Waals surface area contributed by atoms with Gasteiger partial charge in [-0.05, 0) is 105 Å². The van der Waals surface area contributed by atoms with E-state index in [4.69, 9.17) is 13.6 Å². The van der Waals surface area contributed by atoms with E-state index >= 15 is 0 Å². The zero-order chi connectivity index (χ0) is 51.0. The fraction of sp³-hybridized carbons (Fsp3) is 0.492. The van der Waals surface area contributed by atoms with Gasteiger partial charge in [-0.25, -0.2) is 0 Å². The molecule has 0 bridgehead atoms. The van der Waals surface area contributed by atoms with Crippen LogP contribution in [0.2, 0.25) is 0 Å². The molecule has 0 aliphatic heterocycles. The average molecular weight is 953 g/mol. The van der Waals surface area contributed by atoms with Gasteiger partial charge in [-0.3, -0.25) is 0 Å². The van der Waals surface area contributed by atoms with Crippen LogP contribution in [-0.2, 0) is 38.9 Å². The topological polar surface area (TPSA) is 88.4 Å². The van der Waals surface area contributed by atoms with Crippen LogP contribution in [0.4, 0.5) is 0 Å². The van der Waals surface area contributed by atoms with E-state index in [-0.39, 0.29) is 44.0 Å². The standard InChI is InChI=1S/C45H69O3P.C14H17O3P/c1-28-22-37(34(43(13,14)15)25-31(28)40(4,5)6)46-49(47-38-23-29(2)32(41(7,8)9)26-35(38)44(16,17)18)48-39-24-30(3)33(42(10,11)12)27-36(39)45(19,20)21;15-18(16,17,14-9-5-2-6-10-14)12-11-13-7-3-1-4-8-13/h22-27H,1-21H3;1-10,15-17H,11-12H2. The molecule has 6 nitrogen and oxygen atoms in total.